The average Bonchev–Trinajstić information content (AvgIpc) is 2.63. The first-order valence-electron chi connectivity index (χ1n) is 4.34. The van der Waals surface area contributed by atoms with E-state index in [0.29, 0.717) is 0 Å². The van der Waals surface area contributed by atoms with Crippen molar-refractivity contribution >= 4 is 24.2 Å². The molecule has 0 saturated heterocycles. The van der Waals surface area contributed by atoms with Crippen LogP contribution in [0.15, 0.2) is 35.7 Å². The molecule has 14 heavy (non-hydrogen) atoms. The molecule has 4 heteroatoms. The van der Waals surface area contributed by atoms with Crippen molar-refractivity contribution in [3.05, 3.63) is 36.8 Å². The lowest BCUT2D eigenvalue weighted by Crippen LogP contribution is -2.16. The molecule has 1 heterocycles. The Kier molecular flexibility index (Phi) is 8.94. The molecule has 0 saturated carbocycles. The molecule has 0 atom stereocenters. The summed E-state index contributed by atoms with van der Waals surface area (Å²) in [5, 5.41) is 3.33. The van der Waals surface area contributed by atoms with Gasteiger partial charge in [-0.15, -0.1) is 19.0 Å². The molecule has 0 amide bonds. The first-order chi connectivity index (χ1) is 6.43. The van der Waals surface area contributed by atoms with Crippen LogP contribution < -0.4 is 5.32 Å². The third-order valence-corrected chi connectivity index (χ3v) is 2.53. The number of halogens is 1. The fourth-order valence-corrected chi connectivity index (χ4v) is 1.56. The van der Waals surface area contributed by atoms with Gasteiger partial charge < -0.3 is 9.73 Å². The Morgan fingerprint density at radius 3 is 3.07 bits per heavy atom. The van der Waals surface area contributed by atoms with E-state index in [4.69, 9.17) is 4.42 Å². The summed E-state index contributed by atoms with van der Waals surface area (Å²) in [5.74, 6) is 2.16. The SMILES string of the molecule is C=CCSCCNCc1ccoc1.Cl. The van der Waals surface area contributed by atoms with Gasteiger partial charge in [0.25, 0.3) is 0 Å². The maximum absolute atomic E-state index is 4.95. The number of hydrogen-bond acceptors (Lipinski definition) is 3. The zero-order chi connectivity index (χ0) is 9.36. The second-order valence-electron chi connectivity index (χ2n) is 2.67. The van der Waals surface area contributed by atoms with Crippen molar-refractivity contribution < 1.29 is 4.42 Å². The lowest BCUT2D eigenvalue weighted by atomic mass is 10.3. The second-order valence-corrected chi connectivity index (χ2v) is 3.82. The molecule has 2 nitrogen and oxygen atoms in total. The van der Waals surface area contributed by atoms with Crippen molar-refractivity contribution in [1.29, 1.82) is 0 Å². The minimum atomic E-state index is 0. The quantitative estimate of drug-likeness (QED) is 0.579. The van der Waals surface area contributed by atoms with Crippen molar-refractivity contribution in [2.75, 3.05) is 18.1 Å². The summed E-state index contributed by atoms with van der Waals surface area (Å²) in [5.41, 5.74) is 1.20. The van der Waals surface area contributed by atoms with Crippen molar-refractivity contribution in [2.45, 2.75) is 6.54 Å². The summed E-state index contributed by atoms with van der Waals surface area (Å²) < 4.78 is 4.95. The highest BCUT2D eigenvalue weighted by Crippen LogP contribution is 2.00. The highest BCUT2D eigenvalue weighted by Gasteiger charge is 1.92. The largest absolute Gasteiger partial charge is 0.472 e. The van der Waals surface area contributed by atoms with E-state index in [-0.39, 0.29) is 12.4 Å². The zero-order valence-electron chi connectivity index (χ0n) is 8.07. The molecule has 0 fully saturated rings. The van der Waals surface area contributed by atoms with Crippen LogP contribution in [-0.2, 0) is 6.54 Å². The Morgan fingerprint density at radius 2 is 2.43 bits per heavy atom. The molecule has 1 rings (SSSR count). The van der Waals surface area contributed by atoms with Crippen LogP contribution in [0.2, 0.25) is 0 Å². The van der Waals surface area contributed by atoms with E-state index in [1.807, 2.05) is 23.9 Å². The summed E-state index contributed by atoms with van der Waals surface area (Å²) >= 11 is 1.89. The van der Waals surface area contributed by atoms with Crippen LogP contribution in [0.5, 0.6) is 0 Å². The van der Waals surface area contributed by atoms with Crippen LogP contribution in [0, 0.1) is 0 Å². The van der Waals surface area contributed by atoms with Gasteiger partial charge in [-0.1, -0.05) is 6.08 Å². The summed E-state index contributed by atoms with van der Waals surface area (Å²) in [7, 11) is 0. The summed E-state index contributed by atoms with van der Waals surface area (Å²) in [6, 6.07) is 1.98. The molecule has 1 N–H and O–H groups in total. The van der Waals surface area contributed by atoms with Crippen LogP contribution in [0.3, 0.4) is 0 Å². The molecule has 0 bridgehead atoms. The third-order valence-electron chi connectivity index (χ3n) is 1.57. The van der Waals surface area contributed by atoms with Gasteiger partial charge in [0.05, 0.1) is 12.5 Å². The molecule has 1 aromatic rings. The number of furan rings is 1. The number of rotatable bonds is 7. The Hall–Kier alpha value is -0.380. The molecule has 80 valence electrons. The van der Waals surface area contributed by atoms with Crippen LogP contribution in [-0.4, -0.2) is 18.1 Å². The first kappa shape index (κ1) is 13.6. The van der Waals surface area contributed by atoms with Gasteiger partial charge >= 0.3 is 0 Å². The van der Waals surface area contributed by atoms with Gasteiger partial charge in [0.2, 0.25) is 0 Å². The van der Waals surface area contributed by atoms with Crippen molar-refractivity contribution in [3.8, 4) is 0 Å². The normalized spacial score (nSPS) is 9.43. The van der Waals surface area contributed by atoms with Crippen LogP contribution >= 0.6 is 24.2 Å². The van der Waals surface area contributed by atoms with Crippen molar-refractivity contribution in [3.63, 3.8) is 0 Å². The lowest BCUT2D eigenvalue weighted by Gasteiger charge is -2.00. The molecule has 0 aromatic carbocycles. The minimum absolute atomic E-state index is 0. The van der Waals surface area contributed by atoms with Gasteiger partial charge in [-0.25, -0.2) is 0 Å². The Balaban J connectivity index is 0.00000169. The molecule has 0 aliphatic heterocycles. The first-order valence-corrected chi connectivity index (χ1v) is 5.49. The van der Waals surface area contributed by atoms with Gasteiger partial charge in [0.1, 0.15) is 0 Å². The highest BCUT2D eigenvalue weighted by molar-refractivity contribution is 7.99. The van der Waals surface area contributed by atoms with E-state index in [1.54, 1.807) is 12.5 Å². The monoisotopic (exact) mass is 233 g/mol. The summed E-state index contributed by atoms with van der Waals surface area (Å²) in [6.45, 7) is 5.59. The van der Waals surface area contributed by atoms with E-state index in [0.717, 1.165) is 24.6 Å². The van der Waals surface area contributed by atoms with E-state index in [2.05, 4.69) is 11.9 Å². The zero-order valence-corrected chi connectivity index (χ0v) is 9.70. The smallest absolute Gasteiger partial charge is 0.0947 e. The Morgan fingerprint density at radius 1 is 1.57 bits per heavy atom. The maximum atomic E-state index is 4.95. The molecular weight excluding hydrogens is 218 g/mol. The molecule has 0 aliphatic rings. The summed E-state index contributed by atoms with van der Waals surface area (Å²) in [6.07, 6.45) is 5.40. The van der Waals surface area contributed by atoms with Crippen molar-refractivity contribution in [2.24, 2.45) is 0 Å². The minimum Gasteiger partial charge on any atom is -0.472 e. The van der Waals surface area contributed by atoms with E-state index < -0.39 is 0 Å². The Bertz CT molecular complexity index is 226. The Labute approximate surface area is 95.6 Å². The van der Waals surface area contributed by atoms with E-state index >= 15 is 0 Å². The maximum Gasteiger partial charge on any atom is 0.0947 e. The predicted octanol–water partition coefficient (Wildman–Crippen LogP) is 2.71. The standard InChI is InChI=1S/C10H15NOS.ClH/c1-2-6-13-7-4-11-8-10-3-5-12-9-10;/h2-3,5,9,11H,1,4,6-8H2;1H. The van der Waals surface area contributed by atoms with E-state index in [1.165, 1.54) is 5.56 Å². The van der Waals surface area contributed by atoms with Gasteiger partial charge in [-0.3, -0.25) is 0 Å². The molecule has 0 aliphatic carbocycles. The number of hydrogen-bond donors (Lipinski definition) is 1. The third kappa shape index (κ3) is 6.13. The molecule has 0 radical (unpaired) electrons. The van der Waals surface area contributed by atoms with Gasteiger partial charge in [0.15, 0.2) is 0 Å². The molecule has 0 spiro atoms. The number of nitrogens with one attached hydrogen (secondary N) is 1. The molecular formula is C10H16ClNOS. The second kappa shape index (κ2) is 9.19. The van der Waals surface area contributed by atoms with Gasteiger partial charge in [-0.05, 0) is 6.07 Å². The topological polar surface area (TPSA) is 25.2 Å². The fraction of sp³-hybridized carbons (Fsp3) is 0.400. The van der Waals surface area contributed by atoms with Gasteiger partial charge in [0, 0.05) is 30.2 Å². The predicted molar refractivity (Wildman–Crippen MR) is 65.2 cm³/mol. The highest BCUT2D eigenvalue weighted by atomic mass is 35.5. The van der Waals surface area contributed by atoms with Gasteiger partial charge in [-0.2, -0.15) is 11.8 Å². The summed E-state index contributed by atoms with van der Waals surface area (Å²) in [4.78, 5) is 0. The molecule has 0 unspecified atom stereocenters. The van der Waals surface area contributed by atoms with Crippen LogP contribution in [0.25, 0.3) is 0 Å². The average molecular weight is 234 g/mol. The lowest BCUT2D eigenvalue weighted by molar-refractivity contribution is 0.561. The van der Waals surface area contributed by atoms with Crippen molar-refractivity contribution in [1.82, 2.24) is 5.32 Å². The molecule has 1 aromatic heterocycles. The van der Waals surface area contributed by atoms with E-state index in [9.17, 15) is 0 Å². The fourth-order valence-electron chi connectivity index (χ4n) is 0.937. The van der Waals surface area contributed by atoms with Crippen LogP contribution in [0.1, 0.15) is 5.56 Å². The van der Waals surface area contributed by atoms with Crippen LogP contribution in [0.4, 0.5) is 0 Å². The number of thioether (sulfide) groups is 1.